The minimum atomic E-state index is -0.693. The number of allylic oxidation sites excluding steroid dienone is 1. The monoisotopic (exact) mass is 352 g/mol. The number of esters is 2. The average Bonchev–Trinajstić information content (AvgIpc) is 2.60. The van der Waals surface area contributed by atoms with Crippen LogP contribution in [0.2, 0.25) is 0 Å². The summed E-state index contributed by atoms with van der Waals surface area (Å²) in [5, 5.41) is 0. The van der Waals surface area contributed by atoms with Gasteiger partial charge in [-0.15, -0.1) is 6.58 Å². The number of hydrogen-bond acceptors (Lipinski definition) is 4. The first-order valence-corrected chi connectivity index (χ1v) is 10.2. The average molecular weight is 353 g/mol. The van der Waals surface area contributed by atoms with E-state index < -0.39 is 12.2 Å². The van der Waals surface area contributed by atoms with Crippen molar-refractivity contribution in [2.24, 2.45) is 0 Å². The molecule has 144 valence electrons. The maximum Gasteiger partial charge on any atom is 0.348 e. The number of carbonyl (C=O) groups is 2. The predicted octanol–water partition coefficient (Wildman–Crippen LogP) is 5.49. The summed E-state index contributed by atoms with van der Waals surface area (Å²) in [4.78, 5) is 24.0. The molecule has 0 aromatic heterocycles. The van der Waals surface area contributed by atoms with E-state index >= 15 is 0 Å². The van der Waals surface area contributed by atoms with Crippen molar-refractivity contribution in [3.05, 3.63) is 12.7 Å². The zero-order valence-electron chi connectivity index (χ0n) is 16.0. The molecule has 0 spiro atoms. The molecule has 0 amide bonds. The van der Waals surface area contributed by atoms with Crippen molar-refractivity contribution >= 4 is 11.9 Å². The molecule has 1 rings (SSSR count). The lowest BCUT2D eigenvalue weighted by Gasteiger charge is -2.27. The van der Waals surface area contributed by atoms with Gasteiger partial charge in [0.15, 0.2) is 12.2 Å². The third-order valence-corrected chi connectivity index (χ3v) is 4.74. The summed E-state index contributed by atoms with van der Waals surface area (Å²) in [5.74, 6) is -0.716. The minimum absolute atomic E-state index is 0.357. The van der Waals surface area contributed by atoms with Gasteiger partial charge in [-0.3, -0.25) is 0 Å². The molecule has 1 aliphatic heterocycles. The molecule has 0 radical (unpaired) electrons. The van der Waals surface area contributed by atoms with Gasteiger partial charge >= 0.3 is 11.9 Å². The molecule has 1 aliphatic rings. The van der Waals surface area contributed by atoms with Crippen molar-refractivity contribution in [1.29, 1.82) is 0 Å². The van der Waals surface area contributed by atoms with Gasteiger partial charge in [0.1, 0.15) is 0 Å². The minimum Gasteiger partial charge on any atom is -0.448 e. The molecule has 4 nitrogen and oxygen atoms in total. The lowest BCUT2D eigenvalue weighted by atomic mass is 10.0. The summed E-state index contributed by atoms with van der Waals surface area (Å²) in [6.45, 7) is 5.90. The van der Waals surface area contributed by atoms with Crippen molar-refractivity contribution in [2.75, 3.05) is 0 Å². The van der Waals surface area contributed by atoms with Crippen molar-refractivity contribution in [1.82, 2.24) is 0 Å². The summed E-state index contributed by atoms with van der Waals surface area (Å²) < 4.78 is 10.6. The highest BCUT2D eigenvalue weighted by atomic mass is 16.6. The van der Waals surface area contributed by atoms with Gasteiger partial charge in [-0.1, -0.05) is 64.4 Å². The molecule has 1 saturated heterocycles. The van der Waals surface area contributed by atoms with E-state index in [-0.39, 0.29) is 11.9 Å². The van der Waals surface area contributed by atoms with E-state index in [0.29, 0.717) is 12.8 Å². The van der Waals surface area contributed by atoms with E-state index in [2.05, 4.69) is 13.5 Å². The molecule has 25 heavy (non-hydrogen) atoms. The summed E-state index contributed by atoms with van der Waals surface area (Å²) in [6, 6.07) is 0. The van der Waals surface area contributed by atoms with Crippen molar-refractivity contribution in [3.8, 4) is 0 Å². The Kier molecular flexibility index (Phi) is 12.1. The number of carbonyl (C=O) groups excluding carboxylic acids is 2. The van der Waals surface area contributed by atoms with Crippen molar-refractivity contribution in [2.45, 2.75) is 109 Å². The van der Waals surface area contributed by atoms with Crippen LogP contribution in [0, 0.1) is 0 Å². The molecule has 1 fully saturated rings. The van der Waals surface area contributed by atoms with Crippen LogP contribution in [0.5, 0.6) is 0 Å². The Morgan fingerprint density at radius 1 is 0.760 bits per heavy atom. The second kappa shape index (κ2) is 13.9. The molecule has 2 unspecified atom stereocenters. The van der Waals surface area contributed by atoms with Gasteiger partial charge in [0.2, 0.25) is 0 Å². The fourth-order valence-corrected chi connectivity index (χ4v) is 3.14. The SMILES string of the molecule is C=CCCCCCCCC1OC(=O)C(CCCCCCCC)OC1=O. The third-order valence-electron chi connectivity index (χ3n) is 4.74. The third kappa shape index (κ3) is 9.66. The van der Waals surface area contributed by atoms with E-state index in [1.54, 1.807) is 0 Å². The Balaban J connectivity index is 2.12. The van der Waals surface area contributed by atoms with Crippen LogP contribution >= 0.6 is 0 Å². The van der Waals surface area contributed by atoms with Crippen LogP contribution in [-0.4, -0.2) is 24.1 Å². The zero-order chi connectivity index (χ0) is 18.3. The standard InChI is InChI=1S/C21H36O4/c1-3-5-7-9-11-13-15-17-19-21(23)24-18(20(22)25-19)16-14-12-10-8-6-4-2/h3,18-19H,1,4-17H2,2H3. The molecule has 0 bridgehead atoms. The maximum absolute atomic E-state index is 12.0. The molecular weight excluding hydrogens is 316 g/mol. The van der Waals surface area contributed by atoms with Gasteiger partial charge < -0.3 is 9.47 Å². The second-order valence-corrected chi connectivity index (χ2v) is 7.04. The number of ether oxygens (including phenoxy) is 2. The molecular formula is C21H36O4. The molecule has 0 aromatic carbocycles. The van der Waals surface area contributed by atoms with Crippen molar-refractivity contribution in [3.63, 3.8) is 0 Å². The smallest absolute Gasteiger partial charge is 0.348 e. The van der Waals surface area contributed by atoms with E-state index in [1.165, 1.54) is 38.5 Å². The van der Waals surface area contributed by atoms with Crippen LogP contribution in [0.3, 0.4) is 0 Å². The maximum atomic E-state index is 12.0. The molecule has 2 atom stereocenters. The fraction of sp³-hybridized carbons (Fsp3) is 0.810. The highest BCUT2D eigenvalue weighted by Crippen LogP contribution is 2.20. The fourth-order valence-electron chi connectivity index (χ4n) is 3.14. The lowest BCUT2D eigenvalue weighted by molar-refractivity contribution is -0.196. The van der Waals surface area contributed by atoms with Gasteiger partial charge in [0, 0.05) is 0 Å². The number of unbranched alkanes of at least 4 members (excludes halogenated alkanes) is 10. The lowest BCUT2D eigenvalue weighted by Crippen LogP contribution is -2.43. The number of hydrogen-bond donors (Lipinski definition) is 0. The first-order chi connectivity index (χ1) is 12.2. The first kappa shape index (κ1) is 21.7. The van der Waals surface area contributed by atoms with Crippen LogP contribution in [0.15, 0.2) is 12.7 Å². The van der Waals surface area contributed by atoms with Gasteiger partial charge in [-0.25, -0.2) is 9.59 Å². The molecule has 0 N–H and O–H groups in total. The van der Waals surface area contributed by atoms with E-state index in [0.717, 1.165) is 38.5 Å². The second-order valence-electron chi connectivity index (χ2n) is 7.04. The quantitative estimate of drug-likeness (QED) is 0.222. The Morgan fingerprint density at radius 2 is 1.20 bits per heavy atom. The Bertz CT molecular complexity index is 391. The largest absolute Gasteiger partial charge is 0.448 e. The van der Waals surface area contributed by atoms with Gasteiger partial charge in [-0.2, -0.15) is 0 Å². The van der Waals surface area contributed by atoms with Crippen molar-refractivity contribution < 1.29 is 19.1 Å². The molecule has 0 aromatic rings. The normalized spacial score (nSPS) is 20.2. The van der Waals surface area contributed by atoms with Crippen LogP contribution in [0.4, 0.5) is 0 Å². The molecule has 0 saturated carbocycles. The van der Waals surface area contributed by atoms with E-state index in [1.807, 2.05) is 6.08 Å². The molecule has 0 aliphatic carbocycles. The Hall–Kier alpha value is -1.32. The predicted molar refractivity (Wildman–Crippen MR) is 100 cm³/mol. The highest BCUT2D eigenvalue weighted by molar-refractivity contribution is 5.87. The first-order valence-electron chi connectivity index (χ1n) is 10.2. The van der Waals surface area contributed by atoms with Crippen LogP contribution in [-0.2, 0) is 19.1 Å². The zero-order valence-corrected chi connectivity index (χ0v) is 16.0. The highest BCUT2D eigenvalue weighted by Gasteiger charge is 2.37. The van der Waals surface area contributed by atoms with Crippen LogP contribution < -0.4 is 0 Å². The topological polar surface area (TPSA) is 52.6 Å². The summed E-state index contributed by atoms with van der Waals surface area (Å²) >= 11 is 0. The van der Waals surface area contributed by atoms with E-state index in [9.17, 15) is 9.59 Å². The van der Waals surface area contributed by atoms with Gasteiger partial charge in [0.05, 0.1) is 0 Å². The molecule has 4 heteroatoms. The van der Waals surface area contributed by atoms with Gasteiger partial charge in [0.25, 0.3) is 0 Å². The molecule has 1 heterocycles. The Morgan fingerprint density at radius 3 is 1.68 bits per heavy atom. The van der Waals surface area contributed by atoms with Gasteiger partial charge in [-0.05, 0) is 38.5 Å². The van der Waals surface area contributed by atoms with Crippen LogP contribution in [0.1, 0.15) is 96.8 Å². The summed E-state index contributed by atoms with van der Waals surface area (Å²) in [7, 11) is 0. The summed E-state index contributed by atoms with van der Waals surface area (Å²) in [6.07, 6.45) is 15.1. The summed E-state index contributed by atoms with van der Waals surface area (Å²) in [5.41, 5.74) is 0. The number of cyclic esters (lactones) is 2. The van der Waals surface area contributed by atoms with Crippen LogP contribution in [0.25, 0.3) is 0 Å². The number of rotatable bonds is 15. The van der Waals surface area contributed by atoms with E-state index in [4.69, 9.17) is 9.47 Å². The Labute approximate surface area is 153 Å².